The highest BCUT2D eigenvalue weighted by atomic mass is 32.2. The largest absolute Gasteiger partial charge is 0.313 e. The number of hydrogen-bond acceptors (Lipinski definition) is 3. The number of anilines is 1. The first-order valence-corrected chi connectivity index (χ1v) is 12.1. The van der Waals surface area contributed by atoms with Crippen LogP contribution in [0.4, 0.5) is 5.95 Å². The number of benzene rings is 1. The Morgan fingerprint density at radius 1 is 1.14 bits per heavy atom. The molecule has 154 valence electrons. The van der Waals surface area contributed by atoms with Crippen LogP contribution in [-0.2, 0) is 22.0 Å². The fourth-order valence-corrected chi connectivity index (χ4v) is 7.37. The molecule has 1 N–H and O–H groups in total. The van der Waals surface area contributed by atoms with Crippen LogP contribution in [-0.4, -0.2) is 18.0 Å². The number of rotatable bonds is 6. The molecule has 6 rings (SSSR count). The van der Waals surface area contributed by atoms with E-state index < -0.39 is 10.0 Å². The zero-order valence-corrected chi connectivity index (χ0v) is 17.8. The van der Waals surface area contributed by atoms with Crippen LogP contribution >= 0.6 is 0 Å². The molecule has 0 atom stereocenters. The summed E-state index contributed by atoms with van der Waals surface area (Å²) >= 11 is 0. The standard InChI is InChI=1S/C23H29N3O2S/c1-3-8-26-15-21(23-12-17-9-18(13-23)11-19(10-17)14-23)24-22(26)25-29(27,28)20-6-4-16(2)5-7-20/h3-7,15,17-19H,1,8-14H2,2H3,(H,24,25). The minimum atomic E-state index is -3.68. The van der Waals surface area contributed by atoms with E-state index in [2.05, 4.69) is 17.5 Å². The van der Waals surface area contributed by atoms with E-state index in [0.717, 1.165) is 29.0 Å². The summed E-state index contributed by atoms with van der Waals surface area (Å²) < 4.78 is 30.5. The topological polar surface area (TPSA) is 64.0 Å². The zero-order valence-electron chi connectivity index (χ0n) is 17.0. The molecule has 4 saturated carbocycles. The predicted molar refractivity (Wildman–Crippen MR) is 114 cm³/mol. The molecule has 5 nitrogen and oxygen atoms in total. The van der Waals surface area contributed by atoms with E-state index in [1.165, 1.54) is 38.5 Å². The van der Waals surface area contributed by atoms with Crippen LogP contribution in [0.25, 0.3) is 0 Å². The van der Waals surface area contributed by atoms with Gasteiger partial charge in [-0.1, -0.05) is 23.8 Å². The number of aryl methyl sites for hydroxylation is 1. The molecule has 0 spiro atoms. The van der Waals surface area contributed by atoms with Crippen LogP contribution < -0.4 is 4.72 Å². The number of hydrogen-bond donors (Lipinski definition) is 1. The van der Waals surface area contributed by atoms with Gasteiger partial charge in [0.2, 0.25) is 5.95 Å². The first-order chi connectivity index (χ1) is 13.9. The molecular weight excluding hydrogens is 382 g/mol. The van der Waals surface area contributed by atoms with Gasteiger partial charge in [-0.15, -0.1) is 6.58 Å². The van der Waals surface area contributed by atoms with Crippen molar-refractivity contribution in [2.24, 2.45) is 17.8 Å². The molecule has 0 saturated heterocycles. The number of nitrogens with zero attached hydrogens (tertiary/aromatic N) is 2. The Hall–Kier alpha value is -2.08. The predicted octanol–water partition coefficient (Wildman–Crippen LogP) is 4.65. The van der Waals surface area contributed by atoms with Gasteiger partial charge in [-0.3, -0.25) is 0 Å². The fraction of sp³-hybridized carbons (Fsp3) is 0.522. The maximum absolute atomic E-state index is 12.9. The Morgan fingerprint density at radius 3 is 2.28 bits per heavy atom. The molecule has 6 heteroatoms. The lowest BCUT2D eigenvalue weighted by Crippen LogP contribution is -2.48. The van der Waals surface area contributed by atoms with Gasteiger partial charge in [0.25, 0.3) is 10.0 Å². The summed E-state index contributed by atoms with van der Waals surface area (Å²) in [5.41, 5.74) is 2.23. The summed E-state index contributed by atoms with van der Waals surface area (Å²) in [4.78, 5) is 5.13. The maximum Gasteiger partial charge on any atom is 0.264 e. The molecule has 1 heterocycles. The first kappa shape index (κ1) is 18.9. The highest BCUT2D eigenvalue weighted by Gasteiger charge is 2.52. The van der Waals surface area contributed by atoms with Crippen molar-refractivity contribution in [1.29, 1.82) is 0 Å². The molecule has 2 aromatic rings. The van der Waals surface area contributed by atoms with Gasteiger partial charge >= 0.3 is 0 Å². The lowest BCUT2D eigenvalue weighted by atomic mass is 9.49. The second kappa shape index (κ2) is 6.73. The quantitative estimate of drug-likeness (QED) is 0.704. The molecule has 0 unspecified atom stereocenters. The average Bonchev–Trinajstić information content (AvgIpc) is 3.04. The van der Waals surface area contributed by atoms with Crippen molar-refractivity contribution in [1.82, 2.24) is 9.55 Å². The van der Waals surface area contributed by atoms with Crippen molar-refractivity contribution in [3.05, 3.63) is 54.4 Å². The molecule has 29 heavy (non-hydrogen) atoms. The molecule has 0 amide bonds. The van der Waals surface area contributed by atoms with E-state index in [0.29, 0.717) is 12.5 Å². The van der Waals surface area contributed by atoms with Crippen LogP contribution in [0.3, 0.4) is 0 Å². The van der Waals surface area contributed by atoms with Crippen LogP contribution in [0.5, 0.6) is 0 Å². The Balaban J connectivity index is 1.49. The zero-order chi connectivity index (χ0) is 20.2. The number of imidazole rings is 1. The maximum atomic E-state index is 12.9. The fourth-order valence-electron chi connectivity index (χ4n) is 6.35. The summed E-state index contributed by atoms with van der Waals surface area (Å²) in [6.07, 6.45) is 11.6. The average molecular weight is 412 g/mol. The Morgan fingerprint density at radius 2 is 1.72 bits per heavy atom. The van der Waals surface area contributed by atoms with E-state index in [4.69, 9.17) is 4.98 Å². The van der Waals surface area contributed by atoms with Crippen molar-refractivity contribution in [3.63, 3.8) is 0 Å². The van der Waals surface area contributed by atoms with Gasteiger partial charge < -0.3 is 4.57 Å². The van der Waals surface area contributed by atoms with Crippen molar-refractivity contribution in [2.75, 3.05) is 4.72 Å². The van der Waals surface area contributed by atoms with Crippen molar-refractivity contribution >= 4 is 16.0 Å². The third-order valence-corrected chi connectivity index (χ3v) is 8.58. The monoisotopic (exact) mass is 411 g/mol. The molecule has 4 fully saturated rings. The lowest BCUT2D eigenvalue weighted by Gasteiger charge is -2.56. The number of nitrogens with one attached hydrogen (secondary N) is 1. The SMILES string of the molecule is C=CCn1cc(C23CC4CC(CC(C4)C2)C3)nc1NS(=O)(=O)c1ccc(C)cc1. The summed E-state index contributed by atoms with van der Waals surface area (Å²) in [7, 11) is -3.68. The third kappa shape index (κ3) is 3.31. The smallest absolute Gasteiger partial charge is 0.264 e. The van der Waals surface area contributed by atoms with Gasteiger partial charge in [0.05, 0.1) is 10.6 Å². The molecule has 4 aliphatic carbocycles. The Kier molecular flexibility index (Phi) is 4.39. The number of allylic oxidation sites excluding steroid dienone is 1. The normalized spacial score (nSPS) is 30.4. The van der Waals surface area contributed by atoms with Crippen LogP contribution in [0.15, 0.2) is 48.0 Å². The molecule has 4 bridgehead atoms. The molecule has 0 radical (unpaired) electrons. The van der Waals surface area contributed by atoms with Crippen LogP contribution in [0.1, 0.15) is 49.8 Å². The van der Waals surface area contributed by atoms with Gasteiger partial charge in [0.1, 0.15) is 0 Å². The lowest BCUT2D eigenvalue weighted by molar-refractivity contribution is -0.00703. The summed E-state index contributed by atoms with van der Waals surface area (Å²) in [6.45, 7) is 6.31. The van der Waals surface area contributed by atoms with E-state index in [9.17, 15) is 8.42 Å². The third-order valence-electron chi connectivity index (χ3n) is 7.24. The molecule has 0 aliphatic heterocycles. The molecule has 1 aromatic carbocycles. The number of aromatic nitrogens is 2. The number of sulfonamides is 1. The minimum absolute atomic E-state index is 0.130. The van der Waals surface area contributed by atoms with Gasteiger partial charge in [0, 0.05) is 18.2 Å². The molecule has 1 aromatic heterocycles. The van der Waals surface area contributed by atoms with Crippen molar-refractivity contribution < 1.29 is 8.42 Å². The van der Waals surface area contributed by atoms with E-state index in [1.807, 2.05) is 23.6 Å². The summed E-state index contributed by atoms with van der Waals surface area (Å²) in [5, 5.41) is 0. The van der Waals surface area contributed by atoms with E-state index in [-0.39, 0.29) is 10.3 Å². The van der Waals surface area contributed by atoms with Gasteiger partial charge in [-0.2, -0.15) is 0 Å². The Bertz CT molecular complexity index is 1000. The van der Waals surface area contributed by atoms with E-state index in [1.54, 1.807) is 18.2 Å². The minimum Gasteiger partial charge on any atom is -0.313 e. The van der Waals surface area contributed by atoms with E-state index >= 15 is 0 Å². The van der Waals surface area contributed by atoms with Gasteiger partial charge in [0.15, 0.2) is 0 Å². The van der Waals surface area contributed by atoms with Gasteiger partial charge in [-0.25, -0.2) is 18.1 Å². The second-order valence-corrected chi connectivity index (χ2v) is 11.2. The van der Waals surface area contributed by atoms with Crippen molar-refractivity contribution in [2.45, 2.75) is 62.3 Å². The van der Waals surface area contributed by atoms with Crippen LogP contribution in [0, 0.1) is 24.7 Å². The van der Waals surface area contributed by atoms with Crippen molar-refractivity contribution in [3.8, 4) is 0 Å². The second-order valence-electron chi connectivity index (χ2n) is 9.51. The highest BCUT2D eigenvalue weighted by Crippen LogP contribution is 2.60. The summed E-state index contributed by atoms with van der Waals surface area (Å²) in [5.74, 6) is 2.85. The highest BCUT2D eigenvalue weighted by molar-refractivity contribution is 7.92. The first-order valence-electron chi connectivity index (χ1n) is 10.6. The molecule has 4 aliphatic rings. The molecular formula is C23H29N3O2S. The Labute approximate surface area is 173 Å². The van der Waals surface area contributed by atoms with Crippen LogP contribution in [0.2, 0.25) is 0 Å². The summed E-state index contributed by atoms with van der Waals surface area (Å²) in [6, 6.07) is 6.90. The van der Waals surface area contributed by atoms with Gasteiger partial charge in [-0.05, 0) is 75.3 Å².